The fourth-order valence-corrected chi connectivity index (χ4v) is 4.79. The van der Waals surface area contributed by atoms with Gasteiger partial charge < -0.3 is 41.0 Å². The highest BCUT2D eigenvalue weighted by atomic mass is 32.2. The highest BCUT2D eigenvalue weighted by Crippen LogP contribution is 2.33. The molecule has 3 atom stereocenters. The molecule has 0 aromatic carbocycles. The lowest BCUT2D eigenvalue weighted by molar-refractivity contribution is -0.192. The number of thioether (sulfide) groups is 1. The van der Waals surface area contributed by atoms with Crippen molar-refractivity contribution in [2.24, 2.45) is 5.73 Å². The van der Waals surface area contributed by atoms with Crippen molar-refractivity contribution in [2.45, 2.75) is 49.2 Å². The van der Waals surface area contributed by atoms with Crippen LogP contribution in [-0.2, 0) is 23.8 Å². The molecule has 11 nitrogen and oxygen atoms in total. The van der Waals surface area contributed by atoms with Crippen molar-refractivity contribution in [1.82, 2.24) is 16.0 Å². The number of halogens is 3. The summed E-state index contributed by atoms with van der Waals surface area (Å²) in [6.45, 7) is 4.15. The Bertz CT molecular complexity index is 646. The Kier molecular flexibility index (Phi) is 15.7. The van der Waals surface area contributed by atoms with E-state index in [1.165, 1.54) is 0 Å². The monoisotopic (exact) mass is 532 g/mol. The molecule has 2 heterocycles. The molecule has 6 N–H and O–H groups in total. The number of rotatable bonds is 16. The molecule has 2 rings (SSSR count). The normalized spacial score (nSPS) is 20.9. The summed E-state index contributed by atoms with van der Waals surface area (Å²) in [5, 5.41) is 16.4. The average molecular weight is 533 g/mol. The zero-order valence-corrected chi connectivity index (χ0v) is 20.3. The summed E-state index contributed by atoms with van der Waals surface area (Å²) in [6.07, 6.45) is -1.67. The summed E-state index contributed by atoms with van der Waals surface area (Å²) in [4.78, 5) is 32.1. The summed E-state index contributed by atoms with van der Waals surface area (Å²) in [6, 6.07) is 0.455. The number of alkyl halides is 3. The molecule has 2 aliphatic rings. The fraction of sp³-hybridized carbons (Fsp3) is 0.850. The molecule has 3 amide bonds. The molecule has 204 valence electrons. The fourth-order valence-electron chi connectivity index (χ4n) is 3.25. The van der Waals surface area contributed by atoms with Crippen LogP contribution in [0.2, 0.25) is 0 Å². The summed E-state index contributed by atoms with van der Waals surface area (Å²) >= 11 is 1.91. The SMILES string of the molecule is NCCOCCOCCOCCNC(=O)CCCCC1SCC2NC(=O)NC21.O=C(O)C(F)(F)F. The number of ether oxygens (including phenoxy) is 3. The summed E-state index contributed by atoms with van der Waals surface area (Å²) < 4.78 is 47.7. The molecule has 0 aromatic heterocycles. The van der Waals surface area contributed by atoms with Gasteiger partial charge >= 0.3 is 18.2 Å². The van der Waals surface area contributed by atoms with E-state index in [-0.39, 0.29) is 24.0 Å². The van der Waals surface area contributed by atoms with Gasteiger partial charge in [-0.1, -0.05) is 6.42 Å². The summed E-state index contributed by atoms with van der Waals surface area (Å²) in [5.41, 5.74) is 5.31. The van der Waals surface area contributed by atoms with E-state index in [1.54, 1.807) is 0 Å². The van der Waals surface area contributed by atoms with Crippen LogP contribution in [-0.4, -0.2) is 105 Å². The quantitative estimate of drug-likeness (QED) is 0.141. The van der Waals surface area contributed by atoms with Crippen molar-refractivity contribution in [2.75, 3.05) is 58.5 Å². The van der Waals surface area contributed by atoms with Gasteiger partial charge in [-0.3, -0.25) is 4.79 Å². The Morgan fingerprint density at radius 3 is 2.26 bits per heavy atom. The Morgan fingerprint density at radius 1 is 1.06 bits per heavy atom. The minimum Gasteiger partial charge on any atom is -0.475 e. The van der Waals surface area contributed by atoms with Crippen molar-refractivity contribution in [3.63, 3.8) is 0 Å². The van der Waals surface area contributed by atoms with Crippen LogP contribution in [0.25, 0.3) is 0 Å². The van der Waals surface area contributed by atoms with Crippen molar-refractivity contribution in [1.29, 1.82) is 0 Å². The van der Waals surface area contributed by atoms with Crippen LogP contribution in [0.3, 0.4) is 0 Å². The van der Waals surface area contributed by atoms with Crippen molar-refractivity contribution < 1.29 is 46.9 Å². The molecule has 15 heteroatoms. The summed E-state index contributed by atoms with van der Waals surface area (Å²) in [5.74, 6) is -1.72. The number of carboxylic acid groups (broad SMARTS) is 1. The molecule has 35 heavy (non-hydrogen) atoms. The van der Waals surface area contributed by atoms with Gasteiger partial charge in [0.1, 0.15) is 0 Å². The number of unbranched alkanes of at least 4 members (excludes halogenated alkanes) is 1. The van der Waals surface area contributed by atoms with Crippen LogP contribution in [0.5, 0.6) is 0 Å². The molecule has 3 unspecified atom stereocenters. The number of fused-ring (bicyclic) bond motifs is 1. The van der Waals surface area contributed by atoms with Gasteiger partial charge in [0, 0.05) is 30.5 Å². The minimum atomic E-state index is -5.08. The standard InChI is InChI=1S/C18H34N4O5S.C2HF3O2/c19-5-7-25-9-11-27-12-10-26-8-6-20-16(23)4-2-1-3-15-17-14(13-28-15)21-18(24)22-17;3-2(4,5)1(6)7/h14-15,17H,1-13,19H2,(H,20,23)(H2,21,22,24);(H,6,7). The van der Waals surface area contributed by atoms with Gasteiger partial charge in [0.05, 0.1) is 51.7 Å². The number of urea groups is 1. The minimum absolute atomic E-state index is 0.0509. The Labute approximate surface area is 206 Å². The van der Waals surface area contributed by atoms with Crippen LogP contribution < -0.4 is 21.7 Å². The second-order valence-corrected chi connectivity index (χ2v) is 8.92. The predicted octanol–water partition coefficient (Wildman–Crippen LogP) is 0.470. The Balaban J connectivity index is 0.000000762. The number of carboxylic acids is 1. The number of hydrogen-bond donors (Lipinski definition) is 5. The van der Waals surface area contributed by atoms with Gasteiger partial charge in [0.2, 0.25) is 5.91 Å². The molecule has 0 aliphatic carbocycles. The largest absolute Gasteiger partial charge is 0.490 e. The smallest absolute Gasteiger partial charge is 0.475 e. The van der Waals surface area contributed by atoms with Gasteiger partial charge in [0.25, 0.3) is 0 Å². The van der Waals surface area contributed by atoms with Gasteiger partial charge in [0.15, 0.2) is 0 Å². The first-order chi connectivity index (χ1) is 16.6. The predicted molar refractivity (Wildman–Crippen MR) is 122 cm³/mol. The van der Waals surface area contributed by atoms with Gasteiger partial charge in [-0.2, -0.15) is 24.9 Å². The molecule has 0 bridgehead atoms. The molecular formula is C20H35F3N4O7S. The lowest BCUT2D eigenvalue weighted by atomic mass is 10.0. The average Bonchev–Trinajstić information content (AvgIpc) is 3.34. The van der Waals surface area contributed by atoms with E-state index < -0.39 is 12.1 Å². The highest BCUT2D eigenvalue weighted by molar-refractivity contribution is 8.00. The summed E-state index contributed by atoms with van der Waals surface area (Å²) in [7, 11) is 0. The van der Waals surface area contributed by atoms with Gasteiger partial charge in [-0.15, -0.1) is 0 Å². The molecule has 2 aliphatic heterocycles. The van der Waals surface area contributed by atoms with E-state index in [2.05, 4.69) is 16.0 Å². The highest BCUT2D eigenvalue weighted by Gasteiger charge is 2.42. The molecule has 0 spiro atoms. The van der Waals surface area contributed by atoms with Gasteiger partial charge in [-0.25, -0.2) is 9.59 Å². The van der Waals surface area contributed by atoms with Gasteiger partial charge in [-0.05, 0) is 12.8 Å². The molecule has 0 aromatic rings. The van der Waals surface area contributed by atoms with E-state index in [1.807, 2.05) is 11.8 Å². The van der Waals surface area contributed by atoms with Crippen molar-refractivity contribution in [3.05, 3.63) is 0 Å². The number of nitrogens with one attached hydrogen (secondary N) is 3. The first kappa shape index (κ1) is 31.2. The van der Waals surface area contributed by atoms with E-state index in [9.17, 15) is 22.8 Å². The van der Waals surface area contributed by atoms with Crippen molar-refractivity contribution in [3.8, 4) is 0 Å². The molecule has 0 radical (unpaired) electrons. The number of aliphatic carboxylic acids is 1. The molecule has 0 saturated carbocycles. The first-order valence-electron chi connectivity index (χ1n) is 11.3. The van der Waals surface area contributed by atoms with E-state index >= 15 is 0 Å². The Hall–Kier alpha value is -1.81. The third-order valence-corrected chi connectivity index (χ3v) is 6.41. The third kappa shape index (κ3) is 14.4. The first-order valence-corrected chi connectivity index (χ1v) is 12.4. The number of hydrogen-bond acceptors (Lipinski definition) is 8. The maximum absolute atomic E-state index is 11.8. The topological polar surface area (TPSA) is 161 Å². The Morgan fingerprint density at radius 2 is 1.66 bits per heavy atom. The van der Waals surface area contributed by atoms with E-state index in [4.69, 9.17) is 29.8 Å². The number of nitrogens with two attached hydrogens (primary N) is 1. The van der Waals surface area contributed by atoms with Crippen LogP contribution >= 0.6 is 11.8 Å². The lowest BCUT2D eigenvalue weighted by Crippen LogP contribution is -2.36. The molecule has 2 saturated heterocycles. The maximum atomic E-state index is 11.8. The maximum Gasteiger partial charge on any atom is 0.490 e. The van der Waals surface area contributed by atoms with Crippen LogP contribution in [0.1, 0.15) is 25.7 Å². The second-order valence-electron chi connectivity index (χ2n) is 7.65. The van der Waals surface area contributed by atoms with Crippen LogP contribution in [0.4, 0.5) is 18.0 Å². The number of amides is 3. The van der Waals surface area contributed by atoms with E-state index in [0.717, 1.165) is 25.0 Å². The molecular weight excluding hydrogens is 497 g/mol. The van der Waals surface area contributed by atoms with Crippen molar-refractivity contribution >= 4 is 29.7 Å². The second kappa shape index (κ2) is 17.6. The zero-order chi connectivity index (χ0) is 26.1. The third-order valence-electron chi connectivity index (χ3n) is 4.90. The zero-order valence-electron chi connectivity index (χ0n) is 19.4. The lowest BCUT2D eigenvalue weighted by Gasteiger charge is -2.16. The number of carbonyl (C=O) groups is 3. The van der Waals surface area contributed by atoms with Crippen LogP contribution in [0, 0.1) is 0 Å². The van der Waals surface area contributed by atoms with Crippen LogP contribution in [0.15, 0.2) is 0 Å². The van der Waals surface area contributed by atoms with E-state index in [0.29, 0.717) is 64.4 Å². The number of carbonyl (C=O) groups excluding carboxylic acids is 2. The molecule has 2 fully saturated rings.